The van der Waals surface area contributed by atoms with Gasteiger partial charge in [0.1, 0.15) is 0 Å². The Balaban J connectivity index is 0.00000161. The molecule has 2 aromatic rings. The molecule has 0 bridgehead atoms. The summed E-state index contributed by atoms with van der Waals surface area (Å²) in [6.45, 7) is 0.922. The van der Waals surface area contributed by atoms with Gasteiger partial charge in [0, 0.05) is 17.0 Å². The monoisotopic (exact) mass is 321 g/mol. The van der Waals surface area contributed by atoms with Crippen LogP contribution in [-0.2, 0) is 12.0 Å². The van der Waals surface area contributed by atoms with Gasteiger partial charge in [0.25, 0.3) is 0 Å². The van der Waals surface area contributed by atoms with Gasteiger partial charge in [-0.05, 0) is 48.7 Å². The smallest absolute Gasteiger partial charge is 0.0406 e. The van der Waals surface area contributed by atoms with Crippen LogP contribution in [0.3, 0.4) is 0 Å². The van der Waals surface area contributed by atoms with Gasteiger partial charge in [-0.1, -0.05) is 54.4 Å². The molecule has 0 aromatic heterocycles. The molecule has 0 heterocycles. The first-order valence-corrected chi connectivity index (χ1v) is 7.63. The molecule has 3 heteroatoms. The number of halogens is 2. The topological polar surface area (TPSA) is 12.0 Å². The number of rotatable bonds is 4. The number of hydrogen-bond donors (Lipinski definition) is 1. The maximum atomic E-state index is 6.04. The Hall–Kier alpha value is -1.02. The lowest BCUT2D eigenvalue weighted by atomic mass is 9.59. The zero-order valence-electron chi connectivity index (χ0n) is 12.2. The summed E-state index contributed by atoms with van der Waals surface area (Å²) in [6, 6.07) is 17.2. The fourth-order valence-corrected chi connectivity index (χ4v) is 3.47. The third kappa shape index (κ3) is 2.96. The Bertz CT molecular complexity index is 588. The number of nitrogens with one attached hydrogen (secondary N) is 1. The number of benzene rings is 2. The SMILES string of the molecule is CNCc1ccccc1C1(c2ccc(Cl)cc2)CCC1.Cl. The summed E-state index contributed by atoms with van der Waals surface area (Å²) in [5.74, 6) is 0. The van der Waals surface area contributed by atoms with E-state index < -0.39 is 0 Å². The first kappa shape index (κ1) is 16.4. The third-order valence-electron chi connectivity index (χ3n) is 4.50. The lowest BCUT2D eigenvalue weighted by molar-refractivity contribution is 0.299. The molecule has 112 valence electrons. The van der Waals surface area contributed by atoms with Gasteiger partial charge in [-0.15, -0.1) is 12.4 Å². The molecule has 0 aliphatic heterocycles. The van der Waals surface area contributed by atoms with Crippen molar-refractivity contribution in [3.05, 3.63) is 70.2 Å². The standard InChI is InChI=1S/C18H20ClN.ClH/c1-20-13-14-5-2-3-6-17(14)18(11-4-12-18)15-7-9-16(19)10-8-15;/h2-3,5-10,20H,4,11-13H2,1H3;1H. The van der Waals surface area contributed by atoms with E-state index in [0.717, 1.165) is 11.6 Å². The molecule has 0 radical (unpaired) electrons. The van der Waals surface area contributed by atoms with Gasteiger partial charge in [0.05, 0.1) is 0 Å². The second kappa shape index (κ2) is 6.83. The van der Waals surface area contributed by atoms with Gasteiger partial charge in [0.2, 0.25) is 0 Å². The van der Waals surface area contributed by atoms with Crippen molar-refractivity contribution in [1.82, 2.24) is 5.32 Å². The highest BCUT2D eigenvalue weighted by molar-refractivity contribution is 6.30. The van der Waals surface area contributed by atoms with Crippen LogP contribution < -0.4 is 5.32 Å². The van der Waals surface area contributed by atoms with Crippen molar-refractivity contribution in [2.75, 3.05) is 7.05 Å². The number of hydrogen-bond acceptors (Lipinski definition) is 1. The maximum absolute atomic E-state index is 6.04. The van der Waals surface area contributed by atoms with E-state index in [9.17, 15) is 0 Å². The molecule has 3 rings (SSSR count). The first-order valence-electron chi connectivity index (χ1n) is 7.25. The molecule has 0 saturated heterocycles. The largest absolute Gasteiger partial charge is 0.316 e. The molecule has 1 saturated carbocycles. The molecule has 0 atom stereocenters. The molecule has 1 aliphatic rings. The molecule has 21 heavy (non-hydrogen) atoms. The van der Waals surface area contributed by atoms with E-state index in [2.05, 4.69) is 41.7 Å². The van der Waals surface area contributed by atoms with Gasteiger partial charge < -0.3 is 5.32 Å². The first-order chi connectivity index (χ1) is 9.76. The molecular weight excluding hydrogens is 301 g/mol. The van der Waals surface area contributed by atoms with Crippen LogP contribution >= 0.6 is 24.0 Å². The minimum absolute atomic E-state index is 0. The van der Waals surface area contributed by atoms with Crippen LogP contribution in [0.4, 0.5) is 0 Å². The predicted molar refractivity (Wildman–Crippen MR) is 92.5 cm³/mol. The van der Waals surface area contributed by atoms with Gasteiger partial charge in [-0.2, -0.15) is 0 Å². The fraction of sp³-hybridized carbons (Fsp3) is 0.333. The van der Waals surface area contributed by atoms with E-state index in [-0.39, 0.29) is 17.8 Å². The van der Waals surface area contributed by atoms with Crippen LogP contribution in [0.25, 0.3) is 0 Å². The second-order valence-corrected chi connectivity index (χ2v) is 6.07. The van der Waals surface area contributed by atoms with Crippen LogP contribution in [0.2, 0.25) is 5.02 Å². The lowest BCUT2D eigenvalue weighted by Gasteiger charge is -2.44. The molecule has 1 fully saturated rings. The average Bonchev–Trinajstić information content (AvgIpc) is 2.42. The third-order valence-corrected chi connectivity index (χ3v) is 4.76. The zero-order valence-corrected chi connectivity index (χ0v) is 13.8. The molecule has 1 N–H and O–H groups in total. The molecular formula is C18H21Cl2N. The summed E-state index contributed by atoms with van der Waals surface area (Å²) >= 11 is 6.04. The predicted octanol–water partition coefficient (Wildman–Crippen LogP) is 4.95. The van der Waals surface area contributed by atoms with Crippen molar-refractivity contribution >= 4 is 24.0 Å². The molecule has 1 nitrogen and oxygen atoms in total. The molecule has 2 aromatic carbocycles. The highest BCUT2D eigenvalue weighted by atomic mass is 35.5. The highest BCUT2D eigenvalue weighted by Gasteiger charge is 2.41. The second-order valence-electron chi connectivity index (χ2n) is 5.63. The highest BCUT2D eigenvalue weighted by Crippen LogP contribution is 2.50. The van der Waals surface area contributed by atoms with Crippen molar-refractivity contribution < 1.29 is 0 Å². The van der Waals surface area contributed by atoms with E-state index in [4.69, 9.17) is 11.6 Å². The summed E-state index contributed by atoms with van der Waals surface area (Å²) in [5, 5.41) is 4.10. The Morgan fingerprint density at radius 1 is 1.05 bits per heavy atom. The van der Waals surface area contributed by atoms with Crippen molar-refractivity contribution in [3.8, 4) is 0 Å². The average molecular weight is 322 g/mol. The van der Waals surface area contributed by atoms with E-state index in [1.165, 1.54) is 36.0 Å². The molecule has 0 amide bonds. The Labute approximate surface area is 138 Å². The van der Waals surface area contributed by atoms with E-state index in [0.29, 0.717) is 0 Å². The summed E-state index contributed by atoms with van der Waals surface area (Å²) in [7, 11) is 2.01. The van der Waals surface area contributed by atoms with Crippen molar-refractivity contribution in [2.24, 2.45) is 0 Å². The quantitative estimate of drug-likeness (QED) is 0.840. The molecule has 0 spiro atoms. The Morgan fingerprint density at radius 3 is 2.29 bits per heavy atom. The Kier molecular flexibility index (Phi) is 5.32. The van der Waals surface area contributed by atoms with Crippen molar-refractivity contribution in [2.45, 2.75) is 31.2 Å². The minimum Gasteiger partial charge on any atom is -0.316 e. The van der Waals surface area contributed by atoms with Crippen LogP contribution in [-0.4, -0.2) is 7.05 Å². The molecule has 1 aliphatic carbocycles. The van der Waals surface area contributed by atoms with E-state index in [1.807, 2.05) is 19.2 Å². The zero-order chi connectivity index (χ0) is 14.0. The summed E-state index contributed by atoms with van der Waals surface area (Å²) in [4.78, 5) is 0. The van der Waals surface area contributed by atoms with Crippen LogP contribution in [0, 0.1) is 0 Å². The van der Waals surface area contributed by atoms with Crippen molar-refractivity contribution in [1.29, 1.82) is 0 Å². The Morgan fingerprint density at radius 2 is 1.71 bits per heavy atom. The molecule has 0 unspecified atom stereocenters. The lowest BCUT2D eigenvalue weighted by Crippen LogP contribution is -2.36. The van der Waals surface area contributed by atoms with Crippen molar-refractivity contribution in [3.63, 3.8) is 0 Å². The van der Waals surface area contributed by atoms with Crippen LogP contribution in [0.5, 0.6) is 0 Å². The van der Waals surface area contributed by atoms with Gasteiger partial charge in [-0.3, -0.25) is 0 Å². The van der Waals surface area contributed by atoms with Gasteiger partial charge in [-0.25, -0.2) is 0 Å². The van der Waals surface area contributed by atoms with Gasteiger partial charge in [0.15, 0.2) is 0 Å². The van der Waals surface area contributed by atoms with Gasteiger partial charge >= 0.3 is 0 Å². The van der Waals surface area contributed by atoms with Crippen LogP contribution in [0.15, 0.2) is 48.5 Å². The van der Waals surface area contributed by atoms with Crippen LogP contribution in [0.1, 0.15) is 36.0 Å². The normalized spacial score (nSPS) is 15.9. The summed E-state index contributed by atoms with van der Waals surface area (Å²) in [5.41, 5.74) is 4.47. The summed E-state index contributed by atoms with van der Waals surface area (Å²) < 4.78 is 0. The fourth-order valence-electron chi connectivity index (χ4n) is 3.34. The van der Waals surface area contributed by atoms with E-state index >= 15 is 0 Å². The van der Waals surface area contributed by atoms with E-state index in [1.54, 1.807) is 0 Å². The summed E-state index contributed by atoms with van der Waals surface area (Å²) in [6.07, 6.45) is 3.77. The minimum atomic E-state index is 0. The maximum Gasteiger partial charge on any atom is 0.0406 e.